The molecule has 9 heteroatoms. The van der Waals surface area contributed by atoms with E-state index in [1.165, 1.54) is 6.07 Å². The van der Waals surface area contributed by atoms with Crippen molar-refractivity contribution in [3.8, 4) is 0 Å². The van der Waals surface area contributed by atoms with Gasteiger partial charge in [0, 0.05) is 15.6 Å². The van der Waals surface area contributed by atoms with Crippen LogP contribution in [0, 0.1) is 10.1 Å². The first-order chi connectivity index (χ1) is 9.88. The van der Waals surface area contributed by atoms with Gasteiger partial charge in [0.2, 0.25) is 0 Å². The normalized spacial score (nSPS) is 10.2. The fraction of sp³-hybridized carbons (Fsp3) is 0. The molecule has 0 bridgehead atoms. The molecule has 0 aliphatic carbocycles. The first kappa shape index (κ1) is 15.7. The van der Waals surface area contributed by atoms with Crippen molar-refractivity contribution < 1.29 is 9.72 Å². The van der Waals surface area contributed by atoms with Crippen LogP contribution in [-0.4, -0.2) is 15.8 Å². The van der Waals surface area contributed by atoms with Crippen LogP contribution in [0.4, 0.5) is 11.4 Å². The number of rotatable bonds is 3. The minimum atomic E-state index is -0.657. The van der Waals surface area contributed by atoms with E-state index in [0.717, 1.165) is 12.3 Å². The Labute approximate surface area is 137 Å². The summed E-state index contributed by atoms with van der Waals surface area (Å²) >= 11 is 14.9. The number of benzene rings is 1. The Kier molecular flexibility index (Phi) is 4.76. The number of nitrogens with one attached hydrogen (secondary N) is 1. The number of hydrogen-bond acceptors (Lipinski definition) is 4. The molecule has 0 spiro atoms. The first-order valence-electron chi connectivity index (χ1n) is 5.45. The number of anilines is 1. The van der Waals surface area contributed by atoms with E-state index in [-0.39, 0.29) is 16.4 Å². The molecule has 0 aliphatic heterocycles. The van der Waals surface area contributed by atoms with Gasteiger partial charge in [0.25, 0.3) is 11.6 Å². The largest absolute Gasteiger partial charge is 0.321 e. The van der Waals surface area contributed by atoms with Crippen LogP contribution in [0.3, 0.4) is 0 Å². The lowest BCUT2D eigenvalue weighted by Gasteiger charge is -2.08. The van der Waals surface area contributed by atoms with E-state index in [9.17, 15) is 14.9 Å². The highest BCUT2D eigenvalue weighted by Crippen LogP contribution is 2.27. The number of aromatic nitrogens is 1. The SMILES string of the molecule is O=C(Nc1cc(Cl)ccc1Br)c1cc([N+](=O)[O-])cnc1Cl. The van der Waals surface area contributed by atoms with Crippen molar-refractivity contribution in [3.63, 3.8) is 0 Å². The zero-order chi connectivity index (χ0) is 15.6. The maximum atomic E-state index is 12.2. The van der Waals surface area contributed by atoms with Crippen molar-refractivity contribution in [2.45, 2.75) is 0 Å². The van der Waals surface area contributed by atoms with Crippen molar-refractivity contribution in [1.29, 1.82) is 0 Å². The molecule has 108 valence electrons. The number of halogens is 3. The van der Waals surface area contributed by atoms with Crippen LogP contribution >= 0.6 is 39.1 Å². The highest BCUT2D eigenvalue weighted by Gasteiger charge is 2.18. The lowest BCUT2D eigenvalue weighted by Crippen LogP contribution is -2.13. The molecular formula is C12H6BrCl2N3O3. The Morgan fingerprint density at radius 2 is 2.05 bits per heavy atom. The summed E-state index contributed by atoms with van der Waals surface area (Å²) in [5.41, 5.74) is -0.0116. The van der Waals surface area contributed by atoms with Crippen LogP contribution in [0.15, 0.2) is 34.9 Å². The molecule has 0 unspecified atom stereocenters. The zero-order valence-corrected chi connectivity index (χ0v) is 13.2. The summed E-state index contributed by atoms with van der Waals surface area (Å²) in [7, 11) is 0. The van der Waals surface area contributed by atoms with Gasteiger partial charge in [-0.3, -0.25) is 14.9 Å². The van der Waals surface area contributed by atoms with Gasteiger partial charge in [-0.2, -0.15) is 0 Å². The first-order valence-corrected chi connectivity index (χ1v) is 6.99. The number of pyridine rings is 1. The average Bonchev–Trinajstić information content (AvgIpc) is 2.43. The molecule has 0 saturated heterocycles. The third kappa shape index (κ3) is 3.69. The Bertz CT molecular complexity index is 740. The average molecular weight is 391 g/mol. The summed E-state index contributed by atoms with van der Waals surface area (Å²) < 4.78 is 0.606. The molecule has 21 heavy (non-hydrogen) atoms. The van der Waals surface area contributed by atoms with E-state index in [0.29, 0.717) is 15.2 Å². The van der Waals surface area contributed by atoms with Gasteiger partial charge >= 0.3 is 0 Å². The second-order valence-electron chi connectivity index (χ2n) is 3.87. The predicted molar refractivity (Wildman–Crippen MR) is 83.0 cm³/mol. The molecule has 1 heterocycles. The van der Waals surface area contributed by atoms with E-state index in [4.69, 9.17) is 23.2 Å². The van der Waals surface area contributed by atoms with E-state index < -0.39 is 10.8 Å². The van der Waals surface area contributed by atoms with Crippen molar-refractivity contribution in [3.05, 3.63) is 60.8 Å². The summed E-state index contributed by atoms with van der Waals surface area (Å²) in [4.78, 5) is 25.8. The number of nitrogens with zero attached hydrogens (tertiary/aromatic N) is 2. The molecule has 0 radical (unpaired) electrons. The van der Waals surface area contributed by atoms with E-state index in [2.05, 4.69) is 26.2 Å². The van der Waals surface area contributed by atoms with Crippen LogP contribution in [0.2, 0.25) is 10.2 Å². The molecule has 1 aromatic heterocycles. The number of carbonyl (C=O) groups excluding carboxylic acids is 1. The molecular weight excluding hydrogens is 385 g/mol. The highest BCUT2D eigenvalue weighted by atomic mass is 79.9. The predicted octanol–water partition coefficient (Wildman–Crippen LogP) is 4.31. The highest BCUT2D eigenvalue weighted by molar-refractivity contribution is 9.10. The van der Waals surface area contributed by atoms with Gasteiger partial charge in [-0.05, 0) is 34.1 Å². The Balaban J connectivity index is 2.34. The zero-order valence-electron chi connectivity index (χ0n) is 10.1. The number of carbonyl (C=O) groups is 1. The molecule has 0 fully saturated rings. The van der Waals surface area contributed by atoms with E-state index >= 15 is 0 Å². The standard InChI is InChI=1S/C12H6BrCl2N3O3/c13-9-2-1-6(14)3-10(9)17-12(19)8-4-7(18(20)21)5-16-11(8)15/h1-5H,(H,17,19). The van der Waals surface area contributed by atoms with Gasteiger partial charge in [-0.15, -0.1) is 0 Å². The monoisotopic (exact) mass is 389 g/mol. The smallest absolute Gasteiger partial charge is 0.288 e. The number of amides is 1. The van der Waals surface area contributed by atoms with Crippen LogP contribution in [-0.2, 0) is 0 Å². The molecule has 0 saturated carbocycles. The molecule has 1 N–H and O–H groups in total. The maximum Gasteiger partial charge on any atom is 0.288 e. The topological polar surface area (TPSA) is 85.1 Å². The van der Waals surface area contributed by atoms with Gasteiger partial charge in [0.05, 0.1) is 16.2 Å². The molecule has 2 aromatic rings. The summed E-state index contributed by atoms with van der Waals surface area (Å²) in [6.07, 6.45) is 0.981. The van der Waals surface area contributed by atoms with E-state index in [1.54, 1.807) is 12.1 Å². The van der Waals surface area contributed by atoms with Gasteiger partial charge in [-0.1, -0.05) is 23.2 Å². The lowest BCUT2D eigenvalue weighted by molar-refractivity contribution is -0.385. The summed E-state index contributed by atoms with van der Waals surface area (Å²) in [5, 5.41) is 13.6. The second-order valence-corrected chi connectivity index (χ2v) is 5.52. The Hall–Kier alpha value is -1.70. The van der Waals surface area contributed by atoms with E-state index in [1.807, 2.05) is 0 Å². The van der Waals surface area contributed by atoms with Gasteiger partial charge < -0.3 is 5.32 Å². The fourth-order valence-corrected chi connectivity index (χ4v) is 2.19. The molecule has 1 aromatic carbocycles. The third-order valence-corrected chi connectivity index (χ3v) is 3.68. The summed E-state index contributed by atoms with van der Waals surface area (Å²) in [6, 6.07) is 5.89. The maximum absolute atomic E-state index is 12.2. The van der Waals surface area contributed by atoms with Crippen LogP contribution in [0.1, 0.15) is 10.4 Å². The molecule has 0 aliphatic rings. The molecule has 1 amide bonds. The lowest BCUT2D eigenvalue weighted by atomic mass is 10.2. The molecule has 2 rings (SSSR count). The van der Waals surface area contributed by atoms with Crippen molar-refractivity contribution in [2.75, 3.05) is 5.32 Å². The van der Waals surface area contributed by atoms with Gasteiger partial charge in [0.15, 0.2) is 0 Å². The fourth-order valence-electron chi connectivity index (χ4n) is 1.48. The summed E-state index contributed by atoms with van der Waals surface area (Å²) in [5.74, 6) is -0.626. The quantitative estimate of drug-likeness (QED) is 0.480. The minimum Gasteiger partial charge on any atom is -0.321 e. The van der Waals surface area contributed by atoms with Gasteiger partial charge in [-0.25, -0.2) is 4.98 Å². The van der Waals surface area contributed by atoms with Crippen LogP contribution in [0.25, 0.3) is 0 Å². The Morgan fingerprint density at radius 3 is 2.71 bits per heavy atom. The number of hydrogen-bond donors (Lipinski definition) is 1. The molecule has 6 nitrogen and oxygen atoms in total. The minimum absolute atomic E-state index is 0.0993. The molecule has 0 atom stereocenters. The van der Waals surface area contributed by atoms with Crippen molar-refractivity contribution >= 4 is 56.4 Å². The Morgan fingerprint density at radius 1 is 1.33 bits per heavy atom. The second kappa shape index (κ2) is 6.38. The van der Waals surface area contributed by atoms with Crippen LogP contribution in [0.5, 0.6) is 0 Å². The number of nitro groups is 1. The van der Waals surface area contributed by atoms with Crippen LogP contribution < -0.4 is 5.32 Å². The summed E-state index contributed by atoms with van der Waals surface area (Å²) in [6.45, 7) is 0. The van der Waals surface area contributed by atoms with Crippen molar-refractivity contribution in [1.82, 2.24) is 4.98 Å². The van der Waals surface area contributed by atoms with Crippen molar-refractivity contribution in [2.24, 2.45) is 0 Å². The van der Waals surface area contributed by atoms with Gasteiger partial charge in [0.1, 0.15) is 11.3 Å². The third-order valence-electron chi connectivity index (χ3n) is 2.46.